The minimum atomic E-state index is 0.261. The van der Waals surface area contributed by atoms with Gasteiger partial charge in [0.25, 0.3) is 0 Å². The number of nitrogens with zero attached hydrogens (tertiary/aromatic N) is 2. The van der Waals surface area contributed by atoms with Crippen LogP contribution in [-0.2, 0) is 0 Å². The smallest absolute Gasteiger partial charge is 0.143 e. The third-order valence-corrected chi connectivity index (χ3v) is 4.33. The Bertz CT molecular complexity index is 259. The SMILES string of the molecule is NC(=NO)C1CCCN(C2CCCCCC2)C1. The molecular weight excluding hydrogens is 214 g/mol. The monoisotopic (exact) mass is 239 g/mol. The first-order chi connectivity index (χ1) is 8.31. The molecule has 98 valence electrons. The quantitative estimate of drug-likeness (QED) is 0.255. The maximum Gasteiger partial charge on any atom is 0.143 e. The number of likely N-dealkylation sites (tertiary alicyclic amines) is 1. The van der Waals surface area contributed by atoms with Crippen LogP contribution in [0.15, 0.2) is 5.16 Å². The van der Waals surface area contributed by atoms with Crippen molar-refractivity contribution in [1.82, 2.24) is 4.90 Å². The van der Waals surface area contributed by atoms with Crippen LogP contribution in [0.1, 0.15) is 51.4 Å². The van der Waals surface area contributed by atoms with Gasteiger partial charge in [-0.25, -0.2) is 0 Å². The van der Waals surface area contributed by atoms with Crippen LogP contribution >= 0.6 is 0 Å². The third kappa shape index (κ3) is 3.35. The number of hydrogen-bond acceptors (Lipinski definition) is 3. The van der Waals surface area contributed by atoms with Crippen molar-refractivity contribution in [1.29, 1.82) is 0 Å². The Kier molecular flexibility index (Phi) is 4.66. The van der Waals surface area contributed by atoms with Gasteiger partial charge in [-0.1, -0.05) is 30.8 Å². The summed E-state index contributed by atoms with van der Waals surface area (Å²) in [6.07, 6.45) is 10.5. The molecule has 4 heteroatoms. The van der Waals surface area contributed by atoms with Crippen molar-refractivity contribution in [3.8, 4) is 0 Å². The summed E-state index contributed by atoms with van der Waals surface area (Å²) in [6.45, 7) is 2.18. The highest BCUT2D eigenvalue weighted by Gasteiger charge is 2.28. The zero-order chi connectivity index (χ0) is 12.1. The molecule has 1 heterocycles. The highest BCUT2D eigenvalue weighted by Crippen LogP contribution is 2.26. The third-order valence-electron chi connectivity index (χ3n) is 4.33. The number of nitrogens with two attached hydrogens (primary N) is 1. The first kappa shape index (κ1) is 12.7. The molecule has 0 bridgehead atoms. The van der Waals surface area contributed by atoms with Crippen LogP contribution in [0.4, 0.5) is 0 Å². The van der Waals surface area contributed by atoms with Crippen LogP contribution in [0.3, 0.4) is 0 Å². The molecule has 0 aromatic rings. The van der Waals surface area contributed by atoms with Crippen LogP contribution in [-0.4, -0.2) is 35.1 Å². The van der Waals surface area contributed by atoms with Crippen molar-refractivity contribution in [2.45, 2.75) is 57.4 Å². The average molecular weight is 239 g/mol. The number of hydrogen-bond donors (Lipinski definition) is 2. The zero-order valence-corrected chi connectivity index (χ0v) is 10.6. The molecule has 3 N–H and O–H groups in total. The van der Waals surface area contributed by atoms with Crippen LogP contribution in [0.5, 0.6) is 0 Å². The van der Waals surface area contributed by atoms with E-state index in [9.17, 15) is 0 Å². The molecule has 0 aromatic heterocycles. The van der Waals surface area contributed by atoms with E-state index in [4.69, 9.17) is 10.9 Å². The second-order valence-electron chi connectivity index (χ2n) is 5.50. The molecule has 0 spiro atoms. The lowest BCUT2D eigenvalue weighted by molar-refractivity contribution is 0.131. The fraction of sp³-hybridized carbons (Fsp3) is 0.923. The van der Waals surface area contributed by atoms with Crippen molar-refractivity contribution in [2.24, 2.45) is 16.8 Å². The van der Waals surface area contributed by atoms with Gasteiger partial charge in [0, 0.05) is 18.5 Å². The number of piperidine rings is 1. The van der Waals surface area contributed by atoms with E-state index in [1.165, 1.54) is 51.5 Å². The Labute approximate surface area is 104 Å². The van der Waals surface area contributed by atoms with Crippen molar-refractivity contribution in [2.75, 3.05) is 13.1 Å². The highest BCUT2D eigenvalue weighted by atomic mass is 16.4. The van der Waals surface area contributed by atoms with E-state index in [0.29, 0.717) is 5.84 Å². The predicted molar refractivity (Wildman–Crippen MR) is 69.2 cm³/mol. The fourth-order valence-electron chi connectivity index (χ4n) is 3.28. The van der Waals surface area contributed by atoms with Gasteiger partial charge in [-0.3, -0.25) is 4.90 Å². The summed E-state index contributed by atoms with van der Waals surface area (Å²) >= 11 is 0. The number of rotatable bonds is 2. The van der Waals surface area contributed by atoms with Crippen molar-refractivity contribution >= 4 is 5.84 Å². The Hall–Kier alpha value is -0.770. The number of oxime groups is 1. The van der Waals surface area contributed by atoms with Gasteiger partial charge in [-0.2, -0.15) is 0 Å². The van der Waals surface area contributed by atoms with Crippen molar-refractivity contribution < 1.29 is 5.21 Å². The Morgan fingerprint density at radius 1 is 1.06 bits per heavy atom. The van der Waals surface area contributed by atoms with Gasteiger partial charge < -0.3 is 10.9 Å². The van der Waals surface area contributed by atoms with Crippen LogP contribution in [0, 0.1) is 5.92 Å². The van der Waals surface area contributed by atoms with Gasteiger partial charge in [0.2, 0.25) is 0 Å². The first-order valence-electron chi connectivity index (χ1n) is 7.02. The van der Waals surface area contributed by atoms with E-state index >= 15 is 0 Å². The normalized spacial score (nSPS) is 30.1. The van der Waals surface area contributed by atoms with E-state index in [1.54, 1.807) is 0 Å². The van der Waals surface area contributed by atoms with Gasteiger partial charge >= 0.3 is 0 Å². The molecule has 2 rings (SSSR count). The standard InChI is InChI=1S/C13H25N3O/c14-13(15-17)11-6-5-9-16(10-11)12-7-3-1-2-4-8-12/h11-12,17H,1-10H2,(H2,14,15). The molecule has 1 saturated heterocycles. The first-order valence-corrected chi connectivity index (χ1v) is 7.02. The molecule has 2 fully saturated rings. The van der Waals surface area contributed by atoms with E-state index in [1.807, 2.05) is 0 Å². The maximum absolute atomic E-state index is 8.77. The summed E-state index contributed by atoms with van der Waals surface area (Å²) in [5, 5.41) is 12.0. The van der Waals surface area contributed by atoms with E-state index in [-0.39, 0.29) is 5.92 Å². The molecule has 1 unspecified atom stereocenters. The second-order valence-corrected chi connectivity index (χ2v) is 5.50. The molecule has 4 nitrogen and oxygen atoms in total. The summed E-state index contributed by atoms with van der Waals surface area (Å²) in [5.41, 5.74) is 5.74. The molecule has 0 radical (unpaired) electrons. The minimum absolute atomic E-state index is 0.261. The maximum atomic E-state index is 8.77. The molecule has 1 aliphatic heterocycles. The molecule has 1 saturated carbocycles. The molecule has 0 amide bonds. The summed E-state index contributed by atoms with van der Waals surface area (Å²) in [7, 11) is 0. The van der Waals surface area contributed by atoms with Crippen LogP contribution in [0.25, 0.3) is 0 Å². The van der Waals surface area contributed by atoms with Crippen molar-refractivity contribution in [3.05, 3.63) is 0 Å². The lowest BCUT2D eigenvalue weighted by Gasteiger charge is -2.37. The van der Waals surface area contributed by atoms with Gasteiger partial charge in [0.05, 0.1) is 0 Å². The van der Waals surface area contributed by atoms with E-state index in [2.05, 4.69) is 10.1 Å². The Morgan fingerprint density at radius 2 is 1.76 bits per heavy atom. The lowest BCUT2D eigenvalue weighted by Crippen LogP contribution is -2.46. The van der Waals surface area contributed by atoms with E-state index < -0.39 is 0 Å². The van der Waals surface area contributed by atoms with Gasteiger partial charge in [0.15, 0.2) is 0 Å². The summed E-state index contributed by atoms with van der Waals surface area (Å²) in [6, 6.07) is 0.742. The fourth-order valence-corrected chi connectivity index (χ4v) is 3.28. The van der Waals surface area contributed by atoms with Crippen molar-refractivity contribution in [3.63, 3.8) is 0 Å². The summed E-state index contributed by atoms with van der Waals surface area (Å²) in [5.74, 6) is 0.681. The van der Waals surface area contributed by atoms with Gasteiger partial charge in [0.1, 0.15) is 5.84 Å². The van der Waals surface area contributed by atoms with Crippen LogP contribution < -0.4 is 5.73 Å². The topological polar surface area (TPSA) is 61.9 Å². The highest BCUT2D eigenvalue weighted by molar-refractivity contribution is 5.82. The molecule has 2 aliphatic rings. The molecular formula is C13H25N3O. The van der Waals surface area contributed by atoms with Gasteiger partial charge in [-0.05, 0) is 32.2 Å². The summed E-state index contributed by atoms with van der Waals surface area (Å²) < 4.78 is 0. The average Bonchev–Trinajstić information content (AvgIpc) is 2.67. The second kappa shape index (κ2) is 6.24. The molecule has 17 heavy (non-hydrogen) atoms. The Balaban J connectivity index is 1.91. The zero-order valence-electron chi connectivity index (χ0n) is 10.6. The predicted octanol–water partition coefficient (Wildman–Crippen LogP) is 2.17. The Morgan fingerprint density at radius 3 is 2.41 bits per heavy atom. The molecule has 1 atom stereocenters. The van der Waals surface area contributed by atoms with E-state index in [0.717, 1.165) is 19.0 Å². The minimum Gasteiger partial charge on any atom is -0.409 e. The summed E-state index contributed by atoms with van der Waals surface area (Å²) in [4.78, 5) is 2.58. The number of amidine groups is 1. The largest absolute Gasteiger partial charge is 0.409 e. The van der Waals surface area contributed by atoms with Crippen LogP contribution in [0.2, 0.25) is 0 Å². The lowest BCUT2D eigenvalue weighted by atomic mass is 9.94. The van der Waals surface area contributed by atoms with Gasteiger partial charge in [-0.15, -0.1) is 0 Å². The molecule has 1 aliphatic carbocycles. The molecule has 0 aromatic carbocycles.